The van der Waals surface area contributed by atoms with Crippen LogP contribution in [-0.4, -0.2) is 22.5 Å². The monoisotopic (exact) mass is 414 g/mol. The number of hydrogen-bond acceptors (Lipinski definition) is 5. The van der Waals surface area contributed by atoms with Gasteiger partial charge in [0.1, 0.15) is 0 Å². The number of nitrogens with zero attached hydrogens (tertiary/aromatic N) is 1. The van der Waals surface area contributed by atoms with Crippen molar-refractivity contribution >= 4 is 22.4 Å². The van der Waals surface area contributed by atoms with Crippen LogP contribution in [0.25, 0.3) is 10.9 Å². The van der Waals surface area contributed by atoms with E-state index in [9.17, 15) is 9.90 Å². The number of ketones is 1. The number of allylic oxidation sites excluding steroid dienone is 2. The van der Waals surface area contributed by atoms with Gasteiger partial charge in [-0.05, 0) is 60.2 Å². The minimum atomic E-state index is -0.248. The molecule has 1 aliphatic carbocycles. The predicted molar refractivity (Wildman–Crippen MR) is 122 cm³/mol. The van der Waals surface area contributed by atoms with Crippen molar-refractivity contribution in [1.82, 2.24) is 4.98 Å². The lowest BCUT2D eigenvalue weighted by atomic mass is 9.68. The first kappa shape index (κ1) is 19.6. The van der Waals surface area contributed by atoms with Gasteiger partial charge in [-0.25, -0.2) is 0 Å². The quantitative estimate of drug-likeness (QED) is 0.589. The number of aromatic nitrogens is 1. The number of Topliss-reactive ketones (excluding diaryl/α,β-unsaturated/α-hetero) is 1. The number of hydrogen-bond donors (Lipinski definition) is 2. The number of benzene rings is 2. The summed E-state index contributed by atoms with van der Waals surface area (Å²) in [6, 6.07) is 13.5. The third-order valence-corrected chi connectivity index (χ3v) is 6.23. The van der Waals surface area contributed by atoms with E-state index in [1.54, 1.807) is 12.3 Å². The maximum Gasteiger partial charge on any atom is 0.162 e. The molecule has 1 aliphatic heterocycles. The Kier molecular flexibility index (Phi) is 4.50. The molecule has 0 unspecified atom stereocenters. The summed E-state index contributed by atoms with van der Waals surface area (Å²) in [5.74, 6) is 0.456. The normalized spacial score (nSPS) is 19.6. The molecule has 2 aliphatic rings. The molecule has 0 saturated heterocycles. The van der Waals surface area contributed by atoms with Gasteiger partial charge in [0.15, 0.2) is 17.3 Å². The molecule has 0 radical (unpaired) electrons. The van der Waals surface area contributed by atoms with E-state index in [-0.39, 0.29) is 22.9 Å². The summed E-state index contributed by atoms with van der Waals surface area (Å²) in [5, 5.41) is 14.9. The number of phenols is 1. The Labute approximate surface area is 181 Å². The third kappa shape index (κ3) is 3.25. The van der Waals surface area contributed by atoms with Gasteiger partial charge in [-0.2, -0.15) is 0 Å². The zero-order valence-corrected chi connectivity index (χ0v) is 18.0. The fourth-order valence-electron chi connectivity index (χ4n) is 5.00. The van der Waals surface area contributed by atoms with Crippen molar-refractivity contribution in [2.75, 3.05) is 11.9 Å². The molecule has 0 spiro atoms. The van der Waals surface area contributed by atoms with Crippen LogP contribution in [0.15, 0.2) is 59.9 Å². The first-order chi connectivity index (χ1) is 14.9. The Hall–Kier alpha value is -3.34. The van der Waals surface area contributed by atoms with Crippen LogP contribution in [0.5, 0.6) is 11.5 Å². The lowest BCUT2D eigenvalue weighted by molar-refractivity contribution is -0.118. The van der Waals surface area contributed by atoms with Crippen LogP contribution in [-0.2, 0) is 4.79 Å². The second-order valence-electron chi connectivity index (χ2n) is 9.15. The Morgan fingerprint density at radius 3 is 2.84 bits per heavy atom. The lowest BCUT2D eigenvalue weighted by Gasteiger charge is -2.40. The summed E-state index contributed by atoms with van der Waals surface area (Å²) in [6.45, 7) is 6.62. The molecule has 0 bridgehead atoms. The molecule has 31 heavy (non-hydrogen) atoms. The fourth-order valence-corrected chi connectivity index (χ4v) is 5.00. The molecular weight excluding hydrogens is 388 g/mol. The van der Waals surface area contributed by atoms with E-state index in [4.69, 9.17) is 4.74 Å². The standard InChI is InChI=1S/C26H26N2O3/c1-4-31-22-12-15(7-10-20(22)29)23-24-16-6-5-11-27-17(16)8-9-18(24)28-19-13-26(2,3)14-21(30)25(19)23/h5-12,23,28-29H,4,13-14H2,1-3H3/t23-/m0/s1. The minimum Gasteiger partial charge on any atom is -0.504 e. The highest BCUT2D eigenvalue weighted by Crippen LogP contribution is 2.51. The van der Waals surface area contributed by atoms with Crippen LogP contribution in [0.2, 0.25) is 0 Å². The van der Waals surface area contributed by atoms with Crippen LogP contribution in [0, 0.1) is 5.41 Å². The molecule has 2 aromatic carbocycles. The SMILES string of the molecule is CCOc1cc([C@@H]2C3=C(CC(C)(C)CC3=O)Nc3ccc4ncccc4c32)ccc1O. The van der Waals surface area contributed by atoms with Crippen molar-refractivity contribution in [2.45, 2.75) is 39.5 Å². The number of aromatic hydroxyl groups is 1. The van der Waals surface area contributed by atoms with Gasteiger partial charge in [0, 0.05) is 40.9 Å². The number of phenolic OH excluding ortho intramolecular Hbond substituents is 1. The molecule has 158 valence electrons. The van der Waals surface area contributed by atoms with E-state index in [0.717, 1.165) is 45.4 Å². The van der Waals surface area contributed by atoms with Crippen molar-refractivity contribution < 1.29 is 14.6 Å². The highest BCUT2D eigenvalue weighted by atomic mass is 16.5. The molecule has 2 heterocycles. The first-order valence-electron chi connectivity index (χ1n) is 10.7. The summed E-state index contributed by atoms with van der Waals surface area (Å²) < 4.78 is 5.66. The Balaban J connectivity index is 1.79. The van der Waals surface area contributed by atoms with Crippen molar-refractivity contribution in [3.8, 4) is 11.5 Å². The number of carbonyl (C=O) groups excluding carboxylic acids is 1. The number of ether oxygens (including phenoxy) is 1. The molecule has 5 rings (SSSR count). The van der Waals surface area contributed by atoms with Gasteiger partial charge in [0.05, 0.1) is 12.1 Å². The van der Waals surface area contributed by atoms with Crippen molar-refractivity contribution in [3.63, 3.8) is 0 Å². The van der Waals surface area contributed by atoms with Gasteiger partial charge in [-0.15, -0.1) is 0 Å². The molecule has 1 aromatic heterocycles. The summed E-state index contributed by atoms with van der Waals surface area (Å²) in [4.78, 5) is 18.0. The average Bonchev–Trinajstić information content (AvgIpc) is 2.73. The maximum atomic E-state index is 13.5. The van der Waals surface area contributed by atoms with Crippen LogP contribution in [0.3, 0.4) is 0 Å². The number of anilines is 1. The highest BCUT2D eigenvalue weighted by Gasteiger charge is 2.41. The molecule has 1 atom stereocenters. The van der Waals surface area contributed by atoms with Gasteiger partial charge < -0.3 is 15.2 Å². The zero-order valence-electron chi connectivity index (χ0n) is 18.0. The fraction of sp³-hybridized carbons (Fsp3) is 0.308. The number of fused-ring (bicyclic) bond motifs is 3. The Morgan fingerprint density at radius 2 is 2.03 bits per heavy atom. The molecule has 0 saturated carbocycles. The van der Waals surface area contributed by atoms with E-state index in [0.29, 0.717) is 18.8 Å². The molecule has 5 nitrogen and oxygen atoms in total. The van der Waals surface area contributed by atoms with Crippen LogP contribution >= 0.6 is 0 Å². The molecule has 3 aromatic rings. The average molecular weight is 415 g/mol. The minimum absolute atomic E-state index is 0.0885. The Bertz CT molecular complexity index is 1240. The van der Waals surface area contributed by atoms with Gasteiger partial charge in [-0.3, -0.25) is 9.78 Å². The van der Waals surface area contributed by atoms with E-state index < -0.39 is 0 Å². The number of pyridine rings is 1. The number of rotatable bonds is 3. The molecule has 5 heteroatoms. The topological polar surface area (TPSA) is 71.5 Å². The summed E-state index contributed by atoms with van der Waals surface area (Å²) >= 11 is 0. The largest absolute Gasteiger partial charge is 0.504 e. The van der Waals surface area contributed by atoms with Crippen LogP contribution in [0.1, 0.15) is 50.7 Å². The van der Waals surface area contributed by atoms with Gasteiger partial charge >= 0.3 is 0 Å². The molecule has 0 fully saturated rings. The molecule has 2 N–H and O–H groups in total. The van der Waals surface area contributed by atoms with Gasteiger partial charge in [0.25, 0.3) is 0 Å². The predicted octanol–water partition coefficient (Wildman–Crippen LogP) is 5.54. The Morgan fingerprint density at radius 1 is 1.19 bits per heavy atom. The van der Waals surface area contributed by atoms with Crippen LogP contribution < -0.4 is 10.1 Å². The number of carbonyl (C=O) groups is 1. The summed E-state index contributed by atoms with van der Waals surface area (Å²) in [6.07, 6.45) is 3.11. The lowest BCUT2D eigenvalue weighted by Crippen LogP contribution is -2.33. The first-order valence-corrected chi connectivity index (χ1v) is 10.7. The smallest absolute Gasteiger partial charge is 0.162 e. The summed E-state index contributed by atoms with van der Waals surface area (Å²) in [5.41, 5.74) is 5.59. The molecule has 0 amide bonds. The second-order valence-corrected chi connectivity index (χ2v) is 9.15. The van der Waals surface area contributed by atoms with Crippen molar-refractivity contribution in [3.05, 3.63) is 71.1 Å². The van der Waals surface area contributed by atoms with E-state index in [2.05, 4.69) is 36.3 Å². The third-order valence-electron chi connectivity index (χ3n) is 6.23. The number of nitrogens with one attached hydrogen (secondary N) is 1. The van der Waals surface area contributed by atoms with Gasteiger partial charge in [0.2, 0.25) is 0 Å². The van der Waals surface area contributed by atoms with Crippen molar-refractivity contribution in [2.24, 2.45) is 5.41 Å². The van der Waals surface area contributed by atoms with Crippen LogP contribution in [0.4, 0.5) is 5.69 Å². The van der Waals surface area contributed by atoms with E-state index in [1.807, 2.05) is 31.2 Å². The summed E-state index contributed by atoms with van der Waals surface area (Å²) in [7, 11) is 0. The second kappa shape index (κ2) is 7.12. The van der Waals surface area contributed by atoms with Gasteiger partial charge in [-0.1, -0.05) is 26.0 Å². The highest BCUT2D eigenvalue weighted by molar-refractivity contribution is 6.04. The van der Waals surface area contributed by atoms with E-state index in [1.165, 1.54) is 0 Å². The maximum absolute atomic E-state index is 13.5. The molecular formula is C26H26N2O3. The van der Waals surface area contributed by atoms with Crippen molar-refractivity contribution in [1.29, 1.82) is 0 Å². The van der Waals surface area contributed by atoms with E-state index >= 15 is 0 Å². The zero-order chi connectivity index (χ0) is 21.8.